The van der Waals surface area contributed by atoms with Crippen molar-refractivity contribution in [2.45, 2.75) is 12.6 Å². The highest BCUT2D eigenvalue weighted by Gasteiger charge is 2.30. The molecule has 0 saturated carbocycles. The highest BCUT2D eigenvalue weighted by atomic mass is 79.9. The predicted molar refractivity (Wildman–Crippen MR) is 129 cm³/mol. The summed E-state index contributed by atoms with van der Waals surface area (Å²) < 4.78 is 14.1. The van der Waals surface area contributed by atoms with Crippen LogP contribution in [-0.4, -0.2) is 33.2 Å². The first kappa shape index (κ1) is 22.0. The fourth-order valence-corrected chi connectivity index (χ4v) is 4.31. The van der Waals surface area contributed by atoms with Gasteiger partial charge in [0.05, 0.1) is 10.5 Å². The second-order valence-electron chi connectivity index (χ2n) is 8.04. The van der Waals surface area contributed by atoms with E-state index in [2.05, 4.69) is 31.2 Å². The smallest absolute Gasteiger partial charge is 0.272 e. The van der Waals surface area contributed by atoms with E-state index in [-0.39, 0.29) is 41.4 Å². The Labute approximate surface area is 202 Å². The molecule has 1 atom stereocenters. The maximum atomic E-state index is 13.5. The Morgan fingerprint density at radius 1 is 1.06 bits per heavy atom. The SMILES string of the molecule is Nc1nc(C(=O)NC2CN(C(=O)c3cc4ccc(F)cc4cn3)Cc3ccccc32)ccc1Br. The number of rotatable bonds is 3. The number of carbonyl (C=O) groups excluding carboxylic acids is 2. The van der Waals surface area contributed by atoms with Gasteiger partial charge >= 0.3 is 0 Å². The average molecular weight is 520 g/mol. The average Bonchev–Trinajstić information content (AvgIpc) is 2.84. The van der Waals surface area contributed by atoms with E-state index in [0.29, 0.717) is 16.4 Å². The summed E-state index contributed by atoms with van der Waals surface area (Å²) in [6, 6.07) is 16.5. The van der Waals surface area contributed by atoms with Crippen LogP contribution in [0.3, 0.4) is 0 Å². The van der Waals surface area contributed by atoms with Crippen molar-refractivity contribution in [1.29, 1.82) is 0 Å². The topological polar surface area (TPSA) is 101 Å². The molecular weight excluding hydrogens is 501 g/mol. The molecule has 9 heteroatoms. The minimum atomic E-state index is -0.442. The lowest BCUT2D eigenvalue weighted by Gasteiger charge is -2.35. The van der Waals surface area contributed by atoms with E-state index in [1.165, 1.54) is 18.3 Å². The molecule has 1 unspecified atom stereocenters. The summed E-state index contributed by atoms with van der Waals surface area (Å²) in [5.41, 5.74) is 8.13. The quantitative estimate of drug-likeness (QED) is 0.421. The molecule has 4 aromatic rings. The van der Waals surface area contributed by atoms with Gasteiger partial charge in [-0.15, -0.1) is 0 Å². The number of halogens is 2. The maximum Gasteiger partial charge on any atom is 0.272 e. The summed E-state index contributed by atoms with van der Waals surface area (Å²) in [5, 5.41) is 4.32. The van der Waals surface area contributed by atoms with Crippen LogP contribution >= 0.6 is 15.9 Å². The van der Waals surface area contributed by atoms with Crippen LogP contribution in [-0.2, 0) is 6.54 Å². The summed E-state index contributed by atoms with van der Waals surface area (Å²) in [7, 11) is 0. The van der Waals surface area contributed by atoms with E-state index < -0.39 is 6.04 Å². The molecule has 3 heterocycles. The van der Waals surface area contributed by atoms with Crippen LogP contribution in [0.25, 0.3) is 10.8 Å². The lowest BCUT2D eigenvalue weighted by Crippen LogP contribution is -2.44. The number of nitrogens with zero attached hydrogens (tertiary/aromatic N) is 3. The van der Waals surface area contributed by atoms with Gasteiger partial charge in [-0.2, -0.15) is 0 Å². The van der Waals surface area contributed by atoms with E-state index in [1.807, 2.05) is 24.3 Å². The number of aromatic nitrogens is 2. The molecule has 1 aliphatic heterocycles. The first-order valence-corrected chi connectivity index (χ1v) is 11.3. The predicted octanol–water partition coefficient (Wildman–Crippen LogP) is 4.24. The van der Waals surface area contributed by atoms with Crippen LogP contribution in [0.15, 0.2) is 71.3 Å². The van der Waals surface area contributed by atoms with Gasteiger partial charge in [-0.1, -0.05) is 30.3 Å². The van der Waals surface area contributed by atoms with Gasteiger partial charge in [-0.3, -0.25) is 14.6 Å². The number of pyridine rings is 2. The van der Waals surface area contributed by atoms with Crippen LogP contribution in [0, 0.1) is 5.82 Å². The van der Waals surface area contributed by atoms with Gasteiger partial charge in [0.2, 0.25) is 0 Å². The number of hydrogen-bond acceptors (Lipinski definition) is 5. The second kappa shape index (κ2) is 8.83. The molecule has 0 fully saturated rings. The minimum absolute atomic E-state index is 0.185. The molecule has 1 aliphatic rings. The Morgan fingerprint density at radius 3 is 2.71 bits per heavy atom. The van der Waals surface area contributed by atoms with Crippen molar-refractivity contribution in [3.05, 3.63) is 99.7 Å². The van der Waals surface area contributed by atoms with E-state index in [1.54, 1.807) is 29.2 Å². The molecule has 0 spiro atoms. The lowest BCUT2D eigenvalue weighted by molar-refractivity contribution is 0.0687. The van der Waals surface area contributed by atoms with Gasteiger partial charge in [-0.05, 0) is 62.8 Å². The van der Waals surface area contributed by atoms with Gasteiger partial charge < -0.3 is 16.0 Å². The Kier molecular flexibility index (Phi) is 5.70. The van der Waals surface area contributed by atoms with Crippen molar-refractivity contribution >= 4 is 44.3 Å². The molecule has 34 heavy (non-hydrogen) atoms. The van der Waals surface area contributed by atoms with Crippen molar-refractivity contribution in [3.8, 4) is 0 Å². The third-order valence-corrected chi connectivity index (χ3v) is 6.47. The molecular formula is C25H19BrFN5O2. The number of benzene rings is 2. The monoisotopic (exact) mass is 519 g/mol. The van der Waals surface area contributed by atoms with E-state index in [9.17, 15) is 14.0 Å². The Bertz CT molecular complexity index is 1440. The standard InChI is InChI=1S/C25H19BrFN5O2/c26-19-7-8-20(30-23(19)28)24(33)31-22-13-32(12-15-3-1-2-4-18(15)22)25(34)21-10-14-5-6-17(27)9-16(14)11-29-21/h1-11,22H,12-13H2,(H2,28,30)(H,31,33). The van der Waals surface area contributed by atoms with Crippen molar-refractivity contribution in [3.63, 3.8) is 0 Å². The molecule has 0 bridgehead atoms. The third kappa shape index (κ3) is 4.22. The van der Waals surface area contributed by atoms with Crippen LogP contribution in [0.2, 0.25) is 0 Å². The molecule has 7 nitrogen and oxygen atoms in total. The summed E-state index contributed by atoms with van der Waals surface area (Å²) in [6.45, 7) is 0.644. The Morgan fingerprint density at radius 2 is 1.88 bits per heavy atom. The molecule has 5 rings (SSSR count). The zero-order valence-electron chi connectivity index (χ0n) is 17.8. The van der Waals surface area contributed by atoms with Crippen molar-refractivity contribution in [1.82, 2.24) is 20.2 Å². The molecule has 170 valence electrons. The van der Waals surface area contributed by atoms with Crippen molar-refractivity contribution in [2.24, 2.45) is 0 Å². The van der Waals surface area contributed by atoms with Gasteiger partial charge in [-0.25, -0.2) is 9.37 Å². The van der Waals surface area contributed by atoms with Crippen LogP contribution < -0.4 is 11.1 Å². The summed E-state index contributed by atoms with van der Waals surface area (Å²) in [4.78, 5) is 36.3. The molecule has 2 amide bonds. The normalized spacial score (nSPS) is 15.1. The van der Waals surface area contributed by atoms with E-state index >= 15 is 0 Å². The number of hydrogen-bond donors (Lipinski definition) is 2. The van der Waals surface area contributed by atoms with Crippen molar-refractivity contribution < 1.29 is 14.0 Å². The van der Waals surface area contributed by atoms with Crippen LogP contribution in [0.1, 0.15) is 38.1 Å². The number of carbonyl (C=O) groups is 2. The van der Waals surface area contributed by atoms with Gasteiger partial charge in [0.15, 0.2) is 0 Å². The zero-order valence-corrected chi connectivity index (χ0v) is 19.4. The summed E-state index contributed by atoms with van der Waals surface area (Å²) in [6.07, 6.45) is 1.49. The molecule has 3 N–H and O–H groups in total. The fourth-order valence-electron chi connectivity index (χ4n) is 4.09. The Balaban J connectivity index is 1.42. The second-order valence-corrected chi connectivity index (χ2v) is 8.89. The van der Waals surface area contributed by atoms with Crippen LogP contribution in [0.5, 0.6) is 0 Å². The number of nitrogens with one attached hydrogen (secondary N) is 1. The summed E-state index contributed by atoms with van der Waals surface area (Å²) >= 11 is 3.27. The molecule has 0 radical (unpaired) electrons. The highest BCUT2D eigenvalue weighted by molar-refractivity contribution is 9.10. The van der Waals surface area contributed by atoms with Gasteiger partial charge in [0.25, 0.3) is 11.8 Å². The first-order chi connectivity index (χ1) is 16.4. The molecule has 2 aromatic heterocycles. The molecule has 0 saturated heterocycles. The number of amides is 2. The first-order valence-electron chi connectivity index (χ1n) is 10.5. The van der Waals surface area contributed by atoms with E-state index in [4.69, 9.17) is 5.73 Å². The number of nitrogen functional groups attached to an aromatic ring is 1. The molecule has 0 aliphatic carbocycles. The number of nitrogens with two attached hydrogens (primary N) is 1. The zero-order chi connectivity index (χ0) is 23.8. The largest absolute Gasteiger partial charge is 0.383 e. The minimum Gasteiger partial charge on any atom is -0.383 e. The number of anilines is 1. The maximum absolute atomic E-state index is 13.5. The number of fused-ring (bicyclic) bond motifs is 2. The molecule has 2 aromatic carbocycles. The fraction of sp³-hybridized carbons (Fsp3) is 0.120. The van der Waals surface area contributed by atoms with Crippen molar-refractivity contribution in [2.75, 3.05) is 12.3 Å². The summed E-state index contributed by atoms with van der Waals surface area (Å²) in [5.74, 6) is -0.803. The Hall–Kier alpha value is -3.85. The van der Waals surface area contributed by atoms with Crippen LogP contribution in [0.4, 0.5) is 10.2 Å². The lowest BCUT2D eigenvalue weighted by atomic mass is 9.95. The van der Waals surface area contributed by atoms with Gasteiger partial charge in [0, 0.05) is 24.7 Å². The van der Waals surface area contributed by atoms with Gasteiger partial charge in [0.1, 0.15) is 23.0 Å². The highest BCUT2D eigenvalue weighted by Crippen LogP contribution is 2.28. The van der Waals surface area contributed by atoms with E-state index in [0.717, 1.165) is 16.5 Å². The third-order valence-electron chi connectivity index (χ3n) is 5.80.